The van der Waals surface area contributed by atoms with Gasteiger partial charge in [0.25, 0.3) is 0 Å². The predicted octanol–water partition coefficient (Wildman–Crippen LogP) is 0.117. The van der Waals surface area contributed by atoms with Crippen LogP contribution < -0.4 is 10.6 Å². The molecule has 0 aliphatic heterocycles. The molecule has 7 nitrogen and oxygen atoms in total. The summed E-state index contributed by atoms with van der Waals surface area (Å²) in [7, 11) is 3.61. The van der Waals surface area contributed by atoms with Crippen LogP contribution in [0.3, 0.4) is 0 Å². The highest BCUT2D eigenvalue weighted by molar-refractivity contribution is 5.77. The fraction of sp³-hybridized carbons (Fsp3) is 0.846. The monoisotopic (exact) mass is 287 g/mol. The average molecular weight is 287 g/mol. The number of amides is 2. The Morgan fingerprint density at radius 3 is 2.75 bits per heavy atom. The van der Waals surface area contributed by atoms with Crippen molar-refractivity contribution in [1.82, 2.24) is 15.5 Å². The largest absolute Gasteiger partial charge is 0.481 e. The number of hydrogen-bond donors (Lipinski definition) is 3. The lowest BCUT2D eigenvalue weighted by atomic mass is 10.0. The maximum atomic E-state index is 11.7. The first-order chi connectivity index (χ1) is 9.54. The number of nitrogens with one attached hydrogen (secondary N) is 2. The highest BCUT2D eigenvalue weighted by Crippen LogP contribution is 2.25. The van der Waals surface area contributed by atoms with Gasteiger partial charge in [0.1, 0.15) is 0 Å². The third-order valence-electron chi connectivity index (χ3n) is 3.61. The van der Waals surface area contributed by atoms with Crippen molar-refractivity contribution in [2.45, 2.75) is 25.3 Å². The van der Waals surface area contributed by atoms with E-state index in [4.69, 9.17) is 9.84 Å². The van der Waals surface area contributed by atoms with E-state index in [-0.39, 0.29) is 12.1 Å². The summed E-state index contributed by atoms with van der Waals surface area (Å²) in [5, 5.41) is 14.5. The van der Waals surface area contributed by atoms with E-state index in [9.17, 15) is 9.59 Å². The molecule has 0 heterocycles. The van der Waals surface area contributed by atoms with Crippen molar-refractivity contribution >= 4 is 12.0 Å². The van der Waals surface area contributed by atoms with Crippen LogP contribution in [0.15, 0.2) is 0 Å². The first-order valence-electron chi connectivity index (χ1n) is 6.99. The summed E-state index contributed by atoms with van der Waals surface area (Å²) < 4.78 is 4.97. The van der Waals surface area contributed by atoms with Crippen molar-refractivity contribution in [2.24, 2.45) is 5.92 Å². The Kier molecular flexibility index (Phi) is 7.32. The Balaban J connectivity index is 2.18. The van der Waals surface area contributed by atoms with Crippen LogP contribution >= 0.6 is 0 Å². The van der Waals surface area contributed by atoms with Crippen LogP contribution in [0.25, 0.3) is 0 Å². The predicted molar refractivity (Wildman–Crippen MR) is 74.7 cm³/mol. The lowest BCUT2D eigenvalue weighted by molar-refractivity contribution is -0.142. The first-order valence-corrected chi connectivity index (χ1v) is 6.99. The molecular formula is C13H25N3O4. The topological polar surface area (TPSA) is 90.9 Å². The molecule has 3 N–H and O–H groups in total. The number of hydrogen-bond acceptors (Lipinski definition) is 4. The molecule has 0 aromatic rings. The summed E-state index contributed by atoms with van der Waals surface area (Å²) >= 11 is 0. The van der Waals surface area contributed by atoms with Gasteiger partial charge in [-0.15, -0.1) is 0 Å². The van der Waals surface area contributed by atoms with Crippen LogP contribution in [-0.2, 0) is 9.53 Å². The van der Waals surface area contributed by atoms with Gasteiger partial charge in [-0.2, -0.15) is 0 Å². The molecule has 2 unspecified atom stereocenters. The summed E-state index contributed by atoms with van der Waals surface area (Å²) in [4.78, 5) is 24.8. The maximum absolute atomic E-state index is 11.7. The lowest BCUT2D eigenvalue weighted by Gasteiger charge is -2.19. The number of nitrogens with zero attached hydrogens (tertiary/aromatic N) is 1. The molecule has 0 aromatic carbocycles. The van der Waals surface area contributed by atoms with Gasteiger partial charge in [0.15, 0.2) is 0 Å². The Morgan fingerprint density at radius 1 is 1.35 bits per heavy atom. The summed E-state index contributed by atoms with van der Waals surface area (Å²) in [6.07, 6.45) is 2.22. The van der Waals surface area contributed by atoms with Crippen LogP contribution in [0.5, 0.6) is 0 Å². The molecule has 0 spiro atoms. The molecule has 0 saturated heterocycles. The van der Waals surface area contributed by atoms with E-state index < -0.39 is 11.9 Å². The average Bonchev–Trinajstić information content (AvgIpc) is 2.84. The number of methoxy groups -OCH3 is 1. The molecule has 1 fully saturated rings. The molecule has 1 saturated carbocycles. The second-order valence-electron chi connectivity index (χ2n) is 5.18. The molecule has 1 aliphatic carbocycles. The maximum Gasteiger partial charge on any atom is 0.315 e. The number of ether oxygens (including phenoxy) is 1. The minimum Gasteiger partial charge on any atom is -0.481 e. The molecule has 2 amide bonds. The molecular weight excluding hydrogens is 262 g/mol. The summed E-state index contributed by atoms with van der Waals surface area (Å²) in [5.41, 5.74) is 0. The third kappa shape index (κ3) is 5.75. The van der Waals surface area contributed by atoms with Crippen LogP contribution in [0.4, 0.5) is 4.79 Å². The van der Waals surface area contributed by atoms with Crippen molar-refractivity contribution in [1.29, 1.82) is 0 Å². The summed E-state index contributed by atoms with van der Waals surface area (Å²) in [6.45, 7) is 2.72. The third-order valence-corrected chi connectivity index (χ3v) is 3.61. The molecule has 0 bridgehead atoms. The minimum absolute atomic E-state index is 0.251. The molecule has 116 valence electrons. The Bertz CT molecular complexity index is 325. The number of carbonyl (C=O) groups excluding carboxylic acids is 1. The highest BCUT2D eigenvalue weighted by atomic mass is 16.5. The summed E-state index contributed by atoms with van der Waals surface area (Å²) in [5.74, 6) is -1.28. The Labute approximate surface area is 119 Å². The van der Waals surface area contributed by atoms with Gasteiger partial charge in [0.2, 0.25) is 0 Å². The van der Waals surface area contributed by atoms with Gasteiger partial charge in [0.05, 0.1) is 12.5 Å². The van der Waals surface area contributed by atoms with Crippen molar-refractivity contribution in [3.63, 3.8) is 0 Å². The number of carbonyl (C=O) groups is 2. The highest BCUT2D eigenvalue weighted by Gasteiger charge is 2.33. The van der Waals surface area contributed by atoms with Gasteiger partial charge in [0, 0.05) is 32.8 Å². The van der Waals surface area contributed by atoms with Crippen molar-refractivity contribution in [2.75, 3.05) is 40.4 Å². The normalized spacial score (nSPS) is 21.9. The van der Waals surface area contributed by atoms with Gasteiger partial charge in [-0.1, -0.05) is 6.42 Å². The molecule has 0 aromatic heterocycles. The number of rotatable bonds is 8. The smallest absolute Gasteiger partial charge is 0.315 e. The van der Waals surface area contributed by atoms with Crippen molar-refractivity contribution in [3.8, 4) is 0 Å². The number of likely N-dealkylation sites (N-methyl/N-ethyl adjacent to an activating group) is 1. The van der Waals surface area contributed by atoms with Crippen LogP contribution in [0, 0.1) is 5.92 Å². The Morgan fingerprint density at radius 2 is 2.10 bits per heavy atom. The van der Waals surface area contributed by atoms with Gasteiger partial charge < -0.3 is 25.4 Å². The van der Waals surface area contributed by atoms with E-state index >= 15 is 0 Å². The zero-order valence-electron chi connectivity index (χ0n) is 12.2. The Hall–Kier alpha value is -1.34. The zero-order valence-corrected chi connectivity index (χ0v) is 12.2. The van der Waals surface area contributed by atoms with Gasteiger partial charge in [-0.3, -0.25) is 4.79 Å². The van der Waals surface area contributed by atoms with Gasteiger partial charge >= 0.3 is 12.0 Å². The second kappa shape index (κ2) is 8.76. The van der Waals surface area contributed by atoms with E-state index in [2.05, 4.69) is 15.5 Å². The number of carboxylic acids is 1. The fourth-order valence-electron chi connectivity index (χ4n) is 2.37. The van der Waals surface area contributed by atoms with Crippen LogP contribution in [0.2, 0.25) is 0 Å². The number of aliphatic carboxylic acids is 1. The molecule has 1 aliphatic rings. The molecule has 7 heteroatoms. The molecule has 2 atom stereocenters. The van der Waals surface area contributed by atoms with Gasteiger partial charge in [-0.25, -0.2) is 4.79 Å². The standard InChI is InChI=1S/C13H25N3O4/c1-16(8-9-20-2)7-6-14-13(19)15-11-5-3-4-10(11)12(17)18/h10-11H,3-9H2,1-2H3,(H,17,18)(H2,14,15,19). The van der Waals surface area contributed by atoms with E-state index in [0.29, 0.717) is 19.6 Å². The number of urea groups is 1. The summed E-state index contributed by atoms with van der Waals surface area (Å²) in [6, 6.07) is -0.540. The van der Waals surface area contributed by atoms with Crippen molar-refractivity contribution in [3.05, 3.63) is 0 Å². The van der Waals surface area contributed by atoms with Crippen LogP contribution in [0.1, 0.15) is 19.3 Å². The van der Waals surface area contributed by atoms with Crippen LogP contribution in [-0.4, -0.2) is 68.4 Å². The zero-order chi connectivity index (χ0) is 15.0. The quantitative estimate of drug-likeness (QED) is 0.590. The van der Waals surface area contributed by atoms with E-state index in [1.54, 1.807) is 7.11 Å². The number of carboxylic acid groups (broad SMARTS) is 1. The van der Waals surface area contributed by atoms with E-state index in [1.807, 2.05) is 7.05 Å². The van der Waals surface area contributed by atoms with E-state index in [1.165, 1.54) is 0 Å². The van der Waals surface area contributed by atoms with E-state index in [0.717, 1.165) is 25.9 Å². The van der Waals surface area contributed by atoms with Gasteiger partial charge in [-0.05, 0) is 19.9 Å². The molecule has 0 radical (unpaired) electrons. The fourth-order valence-corrected chi connectivity index (χ4v) is 2.37. The lowest BCUT2D eigenvalue weighted by Crippen LogP contribution is -2.46. The SMILES string of the molecule is COCCN(C)CCNC(=O)NC1CCCC1C(=O)O. The first kappa shape index (κ1) is 16.7. The van der Waals surface area contributed by atoms with Crippen molar-refractivity contribution < 1.29 is 19.4 Å². The molecule has 20 heavy (non-hydrogen) atoms. The minimum atomic E-state index is -0.827. The second-order valence-corrected chi connectivity index (χ2v) is 5.18. The molecule has 1 rings (SSSR count).